The van der Waals surface area contributed by atoms with Crippen molar-refractivity contribution in [3.63, 3.8) is 0 Å². The Morgan fingerprint density at radius 3 is 1.48 bits per heavy atom. The van der Waals surface area contributed by atoms with Gasteiger partial charge in [-0.05, 0) is 117 Å². The van der Waals surface area contributed by atoms with Gasteiger partial charge in [0.15, 0.2) is 5.60 Å². The van der Waals surface area contributed by atoms with Crippen LogP contribution in [0.4, 0.5) is 11.4 Å². The second-order valence-corrected chi connectivity index (χ2v) is 14.1. The molecular formula is C44H49ClMgN2O10. The second kappa shape index (κ2) is 19.2. The van der Waals surface area contributed by atoms with E-state index in [4.69, 9.17) is 18.9 Å². The Kier molecular flexibility index (Phi) is 16.3. The van der Waals surface area contributed by atoms with Gasteiger partial charge in [-0.2, -0.15) is 0 Å². The van der Waals surface area contributed by atoms with Crippen molar-refractivity contribution in [3.05, 3.63) is 113 Å². The molecular weight excluding hydrogens is 776 g/mol. The molecule has 3 atom stereocenters. The normalized spacial score (nSPS) is 17.8. The smallest absolute Gasteiger partial charge is 1.00 e. The minimum atomic E-state index is -1.56. The summed E-state index contributed by atoms with van der Waals surface area (Å²) in [4.78, 5) is 63.1. The van der Waals surface area contributed by atoms with Crippen LogP contribution in [0.5, 0.6) is 23.0 Å². The van der Waals surface area contributed by atoms with Crippen LogP contribution in [0.25, 0.3) is 0 Å². The number of ether oxygens (including phenoxy) is 4. The summed E-state index contributed by atoms with van der Waals surface area (Å²) in [5.74, 6) is -0.197. The first kappa shape index (κ1) is 49.2. The number of benzene rings is 4. The average Bonchev–Trinajstić information content (AvgIpc) is 3.13. The second-order valence-electron chi connectivity index (χ2n) is 14.1. The maximum absolute atomic E-state index is 12.7. The zero-order valence-electron chi connectivity index (χ0n) is 35.0. The quantitative estimate of drug-likeness (QED) is 0.0698. The van der Waals surface area contributed by atoms with Gasteiger partial charge in [-0.15, -0.1) is 0 Å². The number of aliphatic hydroxyl groups is 1. The van der Waals surface area contributed by atoms with Gasteiger partial charge in [0, 0.05) is 37.4 Å². The van der Waals surface area contributed by atoms with E-state index in [0.29, 0.717) is 45.5 Å². The van der Waals surface area contributed by atoms with E-state index in [9.17, 15) is 29.1 Å². The zero-order chi connectivity index (χ0) is 40.7. The van der Waals surface area contributed by atoms with Crippen LogP contribution in [0.15, 0.2) is 60.7 Å². The number of ketones is 1. The Labute approximate surface area is 362 Å². The minimum absolute atomic E-state index is 0. The number of rotatable bonds is 8. The molecule has 1 N–H and O–H groups in total. The first-order valence-corrected chi connectivity index (χ1v) is 17.6. The van der Waals surface area contributed by atoms with Crippen molar-refractivity contribution in [1.82, 2.24) is 0 Å². The molecule has 2 heterocycles. The van der Waals surface area contributed by atoms with Crippen LogP contribution in [0.2, 0.25) is 0 Å². The van der Waals surface area contributed by atoms with Crippen molar-refractivity contribution in [2.75, 3.05) is 24.0 Å². The van der Waals surface area contributed by atoms with E-state index in [1.54, 1.807) is 55.5 Å². The molecule has 0 aliphatic carbocycles. The van der Waals surface area contributed by atoms with Gasteiger partial charge < -0.3 is 43.9 Å². The van der Waals surface area contributed by atoms with Gasteiger partial charge in [0.25, 0.3) is 11.8 Å². The maximum Gasteiger partial charge on any atom is 2.00 e. The first-order chi connectivity index (χ1) is 25.8. The van der Waals surface area contributed by atoms with Gasteiger partial charge in [-0.1, -0.05) is 24.3 Å². The molecule has 4 aromatic rings. The van der Waals surface area contributed by atoms with E-state index in [0.717, 1.165) is 33.4 Å². The summed E-state index contributed by atoms with van der Waals surface area (Å²) in [6.07, 6.45) is 0. The molecule has 0 bridgehead atoms. The van der Waals surface area contributed by atoms with Gasteiger partial charge in [-0.3, -0.25) is 33.8 Å². The summed E-state index contributed by atoms with van der Waals surface area (Å²) < 4.78 is 21.3. The summed E-state index contributed by atoms with van der Waals surface area (Å²) in [5.41, 5.74) is 6.44. The number of halogens is 1. The van der Waals surface area contributed by atoms with E-state index in [1.165, 1.54) is 25.7 Å². The molecule has 2 amide bonds. The van der Waals surface area contributed by atoms with Gasteiger partial charge >= 0.3 is 35.0 Å². The van der Waals surface area contributed by atoms with Crippen LogP contribution in [-0.4, -0.2) is 77.5 Å². The number of Topliss-reactive ketones (excluding diaryl/α,β-unsaturated/α-hetero) is 1. The Hall–Kier alpha value is -4.95. The summed E-state index contributed by atoms with van der Waals surface area (Å²) >= 11 is 0. The largest absolute Gasteiger partial charge is 2.00 e. The van der Waals surface area contributed by atoms with E-state index < -0.39 is 47.2 Å². The number of aryl methyl sites for hydroxylation is 4. The molecule has 0 spiro atoms. The molecule has 2 fully saturated rings. The molecule has 2 saturated heterocycles. The first-order valence-electron chi connectivity index (χ1n) is 17.6. The van der Waals surface area contributed by atoms with Gasteiger partial charge in [-0.25, -0.2) is 0 Å². The number of amides is 2. The minimum Gasteiger partial charge on any atom is -1.00 e. The van der Waals surface area contributed by atoms with E-state index >= 15 is 0 Å². The molecule has 2 aliphatic heterocycles. The molecule has 4 aromatic carbocycles. The van der Waals surface area contributed by atoms with Crippen molar-refractivity contribution in [2.24, 2.45) is 0 Å². The summed E-state index contributed by atoms with van der Waals surface area (Å²) in [5, 5.41) is 10.8. The third-order valence-corrected chi connectivity index (χ3v) is 10.1. The van der Waals surface area contributed by atoms with E-state index in [2.05, 4.69) is 0 Å². The number of methoxy groups -OCH3 is 2. The molecule has 58 heavy (non-hydrogen) atoms. The van der Waals surface area contributed by atoms with Crippen molar-refractivity contribution in [1.29, 1.82) is 0 Å². The Morgan fingerprint density at radius 2 is 1.05 bits per heavy atom. The van der Waals surface area contributed by atoms with Crippen molar-refractivity contribution < 1.29 is 60.4 Å². The summed E-state index contributed by atoms with van der Waals surface area (Å²) in [7, 11) is 3.15. The fourth-order valence-electron chi connectivity index (χ4n) is 6.80. The number of esters is 2. The fraction of sp³-hybridized carbons (Fsp3) is 0.318. The van der Waals surface area contributed by atoms with Crippen molar-refractivity contribution in [3.8, 4) is 23.0 Å². The summed E-state index contributed by atoms with van der Waals surface area (Å²) in [6.45, 7) is 15.6. The third kappa shape index (κ3) is 9.33. The van der Waals surface area contributed by atoms with Crippen LogP contribution >= 0.6 is 0 Å². The topological polar surface area (TPSA) is 149 Å². The number of anilines is 2. The molecule has 6 rings (SSSR count). The number of carbonyl (C=O) groups excluding carboxylic acids is 5. The molecule has 0 unspecified atom stereocenters. The van der Waals surface area contributed by atoms with Crippen LogP contribution in [0, 0.1) is 49.0 Å². The Bertz CT molecular complexity index is 2260. The molecule has 0 radical (unpaired) electrons. The summed E-state index contributed by atoms with van der Waals surface area (Å²) in [6, 6.07) is 16.5. The average molecular weight is 826 g/mol. The number of hydrogen-bond donors (Lipinski definition) is 1. The standard InChI is InChI=1S/C22H25NO5.C21H21NO5.CH3.ClH.Mg/c1-12-7-8-16(10-18(12)28-15(4)24)20-22(5,26)21(25)23(20)17-9-13(2)14(3)19(11-17)27-6;1-11-6-7-15(9-17(11)27-14(4)23)19-20(24)21(25)22(19)16-8-12(2)13(3)18(10-16)26-5;;;/h7-11,20,26H,1-6H3;6-10,19H,1-5H3;1H3;1H;/q;;-1;;+2/p-1/t20-,22+;19-;;;/m00.../s1. The number of nitrogens with zero attached hydrogens (tertiary/aromatic N) is 2. The third-order valence-electron chi connectivity index (χ3n) is 10.1. The van der Waals surface area contributed by atoms with Crippen LogP contribution in [0.1, 0.15) is 77.4 Å². The van der Waals surface area contributed by atoms with Gasteiger partial charge in [0.05, 0.1) is 20.3 Å². The molecule has 12 nitrogen and oxygen atoms in total. The maximum atomic E-state index is 12.7. The van der Waals surface area contributed by atoms with Gasteiger partial charge in [0.1, 0.15) is 29.0 Å². The van der Waals surface area contributed by atoms with Crippen LogP contribution < -0.4 is 41.2 Å². The molecule has 0 saturated carbocycles. The Balaban J connectivity index is 0.000000381. The molecule has 304 valence electrons. The fourth-order valence-corrected chi connectivity index (χ4v) is 6.80. The number of hydrogen-bond acceptors (Lipinski definition) is 10. The van der Waals surface area contributed by atoms with Crippen LogP contribution in [-0.2, 0) is 24.0 Å². The number of carbonyl (C=O) groups is 5. The SMILES string of the molecule is COc1cc(N2C(=O)C(=O)[C@@H]2c2ccc(C)c(OC(C)=O)c2)cc(C)c1C.COc1cc(N2C(=O)[C@](C)(O)[C@@H]2c2ccc(C)c(OC(C)=O)c2)cc(C)c1C.[CH3-].[Cl-].[Mg+2]. The number of β-lactam (4-membered cyclic amide) rings is 2. The zero-order valence-corrected chi connectivity index (χ0v) is 37.2. The van der Waals surface area contributed by atoms with Crippen LogP contribution in [0.3, 0.4) is 0 Å². The molecule has 2 aliphatic rings. The van der Waals surface area contributed by atoms with E-state index in [-0.39, 0.29) is 42.9 Å². The monoisotopic (exact) mass is 824 g/mol. The predicted molar refractivity (Wildman–Crippen MR) is 218 cm³/mol. The molecule has 0 aromatic heterocycles. The Morgan fingerprint density at radius 1 is 0.638 bits per heavy atom. The van der Waals surface area contributed by atoms with E-state index in [1.807, 2.05) is 65.8 Å². The van der Waals surface area contributed by atoms with Gasteiger partial charge in [0.2, 0.25) is 5.78 Å². The van der Waals surface area contributed by atoms with Crippen molar-refractivity contribution in [2.45, 2.75) is 80.0 Å². The van der Waals surface area contributed by atoms with Crippen molar-refractivity contribution >= 4 is 64.0 Å². The predicted octanol–water partition coefficient (Wildman–Crippen LogP) is 3.66. The molecule has 14 heteroatoms.